The number of amides is 2. The number of hydrogen-bond acceptors (Lipinski definition) is 5. The van der Waals surface area contributed by atoms with Gasteiger partial charge < -0.3 is 10.2 Å². The van der Waals surface area contributed by atoms with Crippen molar-refractivity contribution < 1.29 is 14.0 Å². The number of rotatable bonds is 5. The lowest BCUT2D eigenvalue weighted by Crippen LogP contribution is -2.36. The Morgan fingerprint density at radius 3 is 2.85 bits per heavy atom. The maximum absolute atomic E-state index is 13.4. The van der Waals surface area contributed by atoms with Gasteiger partial charge in [-0.2, -0.15) is 0 Å². The topological polar surface area (TPSA) is 62.3 Å². The van der Waals surface area contributed by atoms with E-state index in [1.807, 2.05) is 35.2 Å². The average molecular weight is 478 g/mol. The van der Waals surface area contributed by atoms with Crippen molar-refractivity contribution in [3.05, 3.63) is 83.7 Å². The van der Waals surface area contributed by atoms with Crippen LogP contribution in [-0.2, 0) is 11.2 Å². The van der Waals surface area contributed by atoms with Crippen LogP contribution in [-0.4, -0.2) is 28.6 Å². The van der Waals surface area contributed by atoms with Gasteiger partial charge >= 0.3 is 0 Å². The summed E-state index contributed by atoms with van der Waals surface area (Å²) in [7, 11) is 0. The van der Waals surface area contributed by atoms with Crippen LogP contribution in [0.2, 0.25) is 0 Å². The summed E-state index contributed by atoms with van der Waals surface area (Å²) in [6.45, 7) is 2.07. The van der Waals surface area contributed by atoms with Crippen molar-refractivity contribution >= 4 is 56.5 Å². The molecule has 0 bridgehead atoms. The summed E-state index contributed by atoms with van der Waals surface area (Å²) in [5.74, 6) is -0.455. The van der Waals surface area contributed by atoms with E-state index in [1.165, 1.54) is 46.9 Å². The molecule has 0 saturated heterocycles. The predicted molar refractivity (Wildman–Crippen MR) is 132 cm³/mol. The summed E-state index contributed by atoms with van der Waals surface area (Å²) in [5, 5.41) is 2.79. The largest absolute Gasteiger partial charge is 0.322 e. The number of thioether (sulfide) groups is 1. The first-order valence-corrected chi connectivity index (χ1v) is 12.3. The predicted octanol–water partition coefficient (Wildman–Crippen LogP) is 5.76. The summed E-state index contributed by atoms with van der Waals surface area (Å²) < 4.78 is 15.1. The highest BCUT2D eigenvalue weighted by Gasteiger charge is 2.30. The van der Waals surface area contributed by atoms with E-state index < -0.39 is 5.82 Å². The summed E-state index contributed by atoms with van der Waals surface area (Å²) in [6.07, 6.45) is 0.873. The van der Waals surface area contributed by atoms with E-state index in [2.05, 4.69) is 23.3 Å². The minimum absolute atomic E-state index is 0.0692. The van der Waals surface area contributed by atoms with Crippen LogP contribution < -0.4 is 10.2 Å². The van der Waals surface area contributed by atoms with Crippen LogP contribution in [0.3, 0.4) is 0 Å². The first-order chi connectivity index (χ1) is 16.0. The van der Waals surface area contributed by atoms with Gasteiger partial charge in [-0.25, -0.2) is 9.37 Å². The van der Waals surface area contributed by atoms with Crippen LogP contribution in [0, 0.1) is 5.82 Å². The van der Waals surface area contributed by atoms with E-state index in [1.54, 1.807) is 12.1 Å². The normalized spacial score (nSPS) is 15.0. The summed E-state index contributed by atoms with van der Waals surface area (Å²) in [6, 6.07) is 19.2. The van der Waals surface area contributed by atoms with Gasteiger partial charge in [0, 0.05) is 23.0 Å². The Kier molecular flexibility index (Phi) is 5.86. The zero-order valence-corrected chi connectivity index (χ0v) is 19.4. The van der Waals surface area contributed by atoms with Crippen LogP contribution in [0.15, 0.2) is 71.1 Å². The number of benzene rings is 3. The Morgan fingerprint density at radius 1 is 1.15 bits per heavy atom. The molecule has 1 aliphatic heterocycles. The molecule has 0 saturated carbocycles. The van der Waals surface area contributed by atoms with Crippen molar-refractivity contribution in [3.8, 4) is 0 Å². The van der Waals surface area contributed by atoms with E-state index in [0.29, 0.717) is 11.4 Å². The number of hydrogen-bond donors (Lipinski definition) is 1. The number of carbonyl (C=O) groups excluding carboxylic acids is 2. The second-order valence-corrected chi connectivity index (χ2v) is 10.1. The van der Waals surface area contributed by atoms with E-state index in [0.717, 1.165) is 26.7 Å². The molecule has 0 fully saturated rings. The zero-order chi connectivity index (χ0) is 22.9. The molecular formula is C25H20FN3O2S2. The molecule has 5 rings (SSSR count). The lowest BCUT2D eigenvalue weighted by atomic mass is 10.1. The SMILES string of the molecule is C[C@H]1Cc2ccccc2N1C(=O)CSc1nc2ccc(NC(=O)c3cccc(F)c3)cc2s1. The highest BCUT2D eigenvalue weighted by Crippen LogP contribution is 2.35. The van der Waals surface area contributed by atoms with Crippen molar-refractivity contribution in [2.24, 2.45) is 0 Å². The van der Waals surface area contributed by atoms with Crippen LogP contribution in [0.25, 0.3) is 10.2 Å². The number of fused-ring (bicyclic) bond motifs is 2. The molecule has 8 heteroatoms. The van der Waals surface area contributed by atoms with Gasteiger partial charge in [0.15, 0.2) is 4.34 Å². The Balaban J connectivity index is 1.26. The van der Waals surface area contributed by atoms with Crippen LogP contribution in [0.5, 0.6) is 0 Å². The number of carbonyl (C=O) groups is 2. The molecule has 2 amide bonds. The molecule has 3 aromatic carbocycles. The second-order valence-electron chi connectivity index (χ2n) is 7.86. The van der Waals surface area contributed by atoms with Gasteiger partial charge in [0.25, 0.3) is 5.91 Å². The Bertz CT molecular complexity index is 1370. The number of para-hydroxylation sites is 1. The van der Waals surface area contributed by atoms with Crippen LogP contribution in [0.1, 0.15) is 22.8 Å². The molecule has 33 heavy (non-hydrogen) atoms. The maximum atomic E-state index is 13.4. The summed E-state index contributed by atoms with van der Waals surface area (Å²) in [4.78, 5) is 31.8. The van der Waals surface area contributed by atoms with Crippen molar-refractivity contribution in [3.63, 3.8) is 0 Å². The Morgan fingerprint density at radius 2 is 2.00 bits per heavy atom. The van der Waals surface area contributed by atoms with E-state index in [-0.39, 0.29) is 23.4 Å². The third kappa shape index (κ3) is 4.49. The zero-order valence-electron chi connectivity index (χ0n) is 17.7. The summed E-state index contributed by atoms with van der Waals surface area (Å²) >= 11 is 2.90. The first kappa shape index (κ1) is 21.6. The highest BCUT2D eigenvalue weighted by molar-refractivity contribution is 8.01. The molecule has 1 atom stereocenters. The van der Waals surface area contributed by atoms with Crippen molar-refractivity contribution in [1.29, 1.82) is 0 Å². The van der Waals surface area contributed by atoms with Gasteiger partial charge in [-0.1, -0.05) is 36.0 Å². The highest BCUT2D eigenvalue weighted by atomic mass is 32.2. The molecule has 1 N–H and O–H groups in total. The average Bonchev–Trinajstić information content (AvgIpc) is 3.36. The van der Waals surface area contributed by atoms with Crippen molar-refractivity contribution in [2.45, 2.75) is 23.7 Å². The van der Waals surface area contributed by atoms with Gasteiger partial charge in [-0.05, 0) is 61.4 Å². The third-order valence-electron chi connectivity index (χ3n) is 5.51. The second kappa shape index (κ2) is 8.96. The standard InChI is InChI=1S/C25H20FN3O2S2/c1-15-11-16-5-2-3-8-21(16)29(15)23(30)14-32-25-28-20-10-9-19(13-22(20)33-25)27-24(31)17-6-4-7-18(26)12-17/h2-10,12-13,15H,11,14H2,1H3,(H,27,31)/t15-/m0/s1. The molecule has 5 nitrogen and oxygen atoms in total. The quantitative estimate of drug-likeness (QED) is 0.372. The Labute approximate surface area is 198 Å². The molecule has 0 aliphatic carbocycles. The maximum Gasteiger partial charge on any atom is 0.255 e. The van der Waals surface area contributed by atoms with Gasteiger partial charge in [0.2, 0.25) is 5.91 Å². The lowest BCUT2D eigenvalue weighted by molar-refractivity contribution is -0.116. The number of thiazole rings is 1. The minimum atomic E-state index is -0.455. The van der Waals surface area contributed by atoms with Crippen LogP contribution >= 0.6 is 23.1 Å². The third-order valence-corrected chi connectivity index (χ3v) is 7.65. The summed E-state index contributed by atoms with van der Waals surface area (Å²) in [5.41, 5.74) is 3.87. The fourth-order valence-corrected chi connectivity index (χ4v) is 5.98. The molecule has 1 aliphatic rings. The fraction of sp³-hybridized carbons (Fsp3) is 0.160. The van der Waals surface area contributed by atoms with E-state index in [9.17, 15) is 14.0 Å². The number of halogens is 1. The first-order valence-electron chi connectivity index (χ1n) is 10.5. The molecule has 0 spiro atoms. The lowest BCUT2D eigenvalue weighted by Gasteiger charge is -2.22. The molecular weight excluding hydrogens is 457 g/mol. The molecule has 166 valence electrons. The Hall–Kier alpha value is -3.23. The number of nitrogens with zero attached hydrogens (tertiary/aromatic N) is 2. The van der Waals surface area contributed by atoms with E-state index >= 15 is 0 Å². The minimum Gasteiger partial charge on any atom is -0.322 e. The van der Waals surface area contributed by atoms with Gasteiger partial charge in [0.05, 0.1) is 16.0 Å². The van der Waals surface area contributed by atoms with Crippen LogP contribution in [0.4, 0.5) is 15.8 Å². The van der Waals surface area contributed by atoms with Crippen molar-refractivity contribution in [1.82, 2.24) is 4.98 Å². The molecule has 0 unspecified atom stereocenters. The smallest absolute Gasteiger partial charge is 0.255 e. The number of aromatic nitrogens is 1. The van der Waals surface area contributed by atoms with Gasteiger partial charge in [0.1, 0.15) is 5.82 Å². The molecule has 1 aromatic heterocycles. The van der Waals surface area contributed by atoms with Crippen molar-refractivity contribution in [2.75, 3.05) is 16.0 Å². The van der Waals surface area contributed by atoms with Gasteiger partial charge in [-0.3, -0.25) is 9.59 Å². The molecule has 0 radical (unpaired) electrons. The number of anilines is 2. The van der Waals surface area contributed by atoms with E-state index in [4.69, 9.17) is 0 Å². The fourth-order valence-electron chi connectivity index (χ4n) is 4.01. The monoisotopic (exact) mass is 477 g/mol. The molecule has 4 aromatic rings. The molecule has 2 heterocycles. The number of nitrogens with one attached hydrogen (secondary N) is 1. The van der Waals surface area contributed by atoms with Gasteiger partial charge in [-0.15, -0.1) is 11.3 Å².